The largest absolute Gasteiger partial charge is 0.490 e. The Morgan fingerprint density at radius 2 is 2.14 bits per heavy atom. The zero-order valence-corrected chi connectivity index (χ0v) is 16.8. The summed E-state index contributed by atoms with van der Waals surface area (Å²) < 4.78 is 19.9. The predicted molar refractivity (Wildman–Crippen MR) is 110 cm³/mol. The summed E-state index contributed by atoms with van der Waals surface area (Å²) in [6, 6.07) is 10.9. The van der Waals surface area contributed by atoms with Gasteiger partial charge in [0.25, 0.3) is 0 Å². The van der Waals surface area contributed by atoms with E-state index in [1.54, 1.807) is 6.07 Å². The number of guanidine groups is 1. The zero-order chi connectivity index (χ0) is 19.9. The van der Waals surface area contributed by atoms with Gasteiger partial charge in [-0.05, 0) is 69.4 Å². The van der Waals surface area contributed by atoms with Crippen LogP contribution in [0.5, 0.6) is 5.75 Å². The number of pyridine rings is 1. The second kappa shape index (κ2) is 9.53. The first-order valence-electron chi connectivity index (χ1n) is 9.94. The SMILES string of the molecule is CCNC(=NCc1cccc(C)n1)NC(C)c1ccc(OCC2CC2)c(F)c1. The average molecular weight is 384 g/mol. The number of aliphatic imine (C=N–C) groups is 1. The van der Waals surface area contributed by atoms with Gasteiger partial charge in [-0.15, -0.1) is 0 Å². The van der Waals surface area contributed by atoms with E-state index in [0.717, 1.165) is 23.5 Å². The van der Waals surface area contributed by atoms with E-state index in [2.05, 4.69) is 20.6 Å². The molecule has 0 saturated heterocycles. The van der Waals surface area contributed by atoms with Crippen LogP contribution in [0, 0.1) is 18.7 Å². The van der Waals surface area contributed by atoms with Gasteiger partial charge in [-0.1, -0.05) is 12.1 Å². The quantitative estimate of drug-likeness (QED) is 0.531. The standard InChI is InChI=1S/C22H29FN4O/c1-4-24-22(25-13-19-7-5-6-15(2)26-19)27-16(3)18-10-11-21(20(23)12-18)28-14-17-8-9-17/h5-7,10-12,16-17H,4,8-9,13-14H2,1-3H3,(H2,24,25,27). The molecule has 1 heterocycles. The van der Waals surface area contributed by atoms with Gasteiger partial charge in [0.15, 0.2) is 17.5 Å². The van der Waals surface area contributed by atoms with Crippen molar-refractivity contribution in [2.75, 3.05) is 13.2 Å². The number of nitrogens with zero attached hydrogens (tertiary/aromatic N) is 2. The molecule has 1 aromatic heterocycles. The second-order valence-electron chi connectivity index (χ2n) is 7.28. The number of aryl methyl sites for hydroxylation is 1. The maximum atomic E-state index is 14.4. The lowest BCUT2D eigenvalue weighted by Gasteiger charge is -2.19. The third-order valence-corrected chi connectivity index (χ3v) is 4.67. The Balaban J connectivity index is 1.63. The molecule has 0 aliphatic heterocycles. The number of hydrogen-bond donors (Lipinski definition) is 2. The van der Waals surface area contributed by atoms with E-state index in [4.69, 9.17) is 4.74 Å². The maximum absolute atomic E-state index is 14.4. The molecule has 1 atom stereocenters. The topological polar surface area (TPSA) is 58.5 Å². The summed E-state index contributed by atoms with van der Waals surface area (Å²) >= 11 is 0. The Morgan fingerprint density at radius 1 is 1.32 bits per heavy atom. The molecule has 150 valence electrons. The summed E-state index contributed by atoms with van der Waals surface area (Å²) in [5.74, 6) is 1.28. The first-order chi connectivity index (χ1) is 13.5. The highest BCUT2D eigenvalue weighted by atomic mass is 19.1. The molecule has 1 aliphatic carbocycles. The number of rotatable bonds is 8. The van der Waals surface area contributed by atoms with Crippen LogP contribution in [0.2, 0.25) is 0 Å². The van der Waals surface area contributed by atoms with Gasteiger partial charge < -0.3 is 15.4 Å². The fourth-order valence-corrected chi connectivity index (χ4v) is 2.85. The molecule has 1 aromatic carbocycles. The van der Waals surface area contributed by atoms with Gasteiger partial charge in [-0.25, -0.2) is 9.38 Å². The molecule has 5 nitrogen and oxygen atoms in total. The van der Waals surface area contributed by atoms with Crippen molar-refractivity contribution in [3.8, 4) is 5.75 Å². The molecule has 1 saturated carbocycles. The van der Waals surface area contributed by atoms with Crippen molar-refractivity contribution in [1.29, 1.82) is 0 Å². The van der Waals surface area contributed by atoms with Crippen molar-refractivity contribution in [2.24, 2.45) is 10.9 Å². The van der Waals surface area contributed by atoms with E-state index in [0.29, 0.717) is 30.8 Å². The van der Waals surface area contributed by atoms with Gasteiger partial charge in [0.05, 0.1) is 24.9 Å². The summed E-state index contributed by atoms with van der Waals surface area (Å²) in [5, 5.41) is 6.56. The smallest absolute Gasteiger partial charge is 0.192 e. The predicted octanol–water partition coefficient (Wildman–Crippen LogP) is 4.13. The minimum Gasteiger partial charge on any atom is -0.490 e. The molecule has 0 spiro atoms. The van der Waals surface area contributed by atoms with Crippen LogP contribution < -0.4 is 15.4 Å². The minimum absolute atomic E-state index is 0.102. The van der Waals surface area contributed by atoms with Crippen molar-refractivity contribution in [3.05, 3.63) is 59.2 Å². The van der Waals surface area contributed by atoms with E-state index in [1.165, 1.54) is 18.9 Å². The third kappa shape index (κ3) is 5.94. The first kappa shape index (κ1) is 20.1. The minimum atomic E-state index is -0.322. The van der Waals surface area contributed by atoms with Crippen LogP contribution in [0.25, 0.3) is 0 Å². The fourth-order valence-electron chi connectivity index (χ4n) is 2.85. The Bertz CT molecular complexity index is 820. The van der Waals surface area contributed by atoms with Gasteiger partial charge in [0.1, 0.15) is 0 Å². The molecule has 1 fully saturated rings. The first-order valence-corrected chi connectivity index (χ1v) is 9.94. The summed E-state index contributed by atoms with van der Waals surface area (Å²) in [7, 11) is 0. The highest BCUT2D eigenvalue weighted by Gasteiger charge is 2.22. The summed E-state index contributed by atoms with van der Waals surface area (Å²) in [5.41, 5.74) is 2.72. The number of halogens is 1. The number of benzene rings is 1. The molecule has 28 heavy (non-hydrogen) atoms. The Kier molecular flexibility index (Phi) is 6.85. The molecule has 1 unspecified atom stereocenters. The van der Waals surface area contributed by atoms with Gasteiger partial charge in [0.2, 0.25) is 0 Å². The third-order valence-electron chi connectivity index (χ3n) is 4.67. The van der Waals surface area contributed by atoms with Gasteiger partial charge in [-0.2, -0.15) is 0 Å². The molecule has 3 rings (SSSR count). The monoisotopic (exact) mass is 384 g/mol. The van der Waals surface area contributed by atoms with Gasteiger partial charge >= 0.3 is 0 Å². The average Bonchev–Trinajstić information content (AvgIpc) is 3.50. The molecule has 0 radical (unpaired) electrons. The molecular weight excluding hydrogens is 355 g/mol. The van der Waals surface area contributed by atoms with Crippen LogP contribution in [0.3, 0.4) is 0 Å². The van der Waals surface area contributed by atoms with Crippen molar-refractivity contribution >= 4 is 5.96 Å². The zero-order valence-electron chi connectivity index (χ0n) is 16.8. The van der Waals surface area contributed by atoms with E-state index >= 15 is 0 Å². The van der Waals surface area contributed by atoms with E-state index < -0.39 is 0 Å². The van der Waals surface area contributed by atoms with Gasteiger partial charge in [0, 0.05) is 12.2 Å². The molecule has 2 aromatic rings. The number of hydrogen-bond acceptors (Lipinski definition) is 3. The molecule has 0 bridgehead atoms. The normalized spacial score (nSPS) is 15.2. The lowest BCUT2D eigenvalue weighted by molar-refractivity contribution is 0.285. The summed E-state index contributed by atoms with van der Waals surface area (Å²) in [6.45, 7) is 7.78. The van der Waals surface area contributed by atoms with Crippen molar-refractivity contribution in [3.63, 3.8) is 0 Å². The van der Waals surface area contributed by atoms with Crippen LogP contribution in [0.4, 0.5) is 4.39 Å². The fraction of sp³-hybridized carbons (Fsp3) is 0.455. The van der Waals surface area contributed by atoms with Crippen LogP contribution in [-0.4, -0.2) is 24.1 Å². The molecular formula is C22H29FN4O. The summed E-state index contributed by atoms with van der Waals surface area (Å²) in [4.78, 5) is 9.07. The highest BCUT2D eigenvalue weighted by molar-refractivity contribution is 5.80. The van der Waals surface area contributed by atoms with Gasteiger partial charge in [-0.3, -0.25) is 4.98 Å². The maximum Gasteiger partial charge on any atom is 0.192 e. The van der Waals surface area contributed by atoms with E-state index in [-0.39, 0.29) is 11.9 Å². The lowest BCUT2D eigenvalue weighted by Crippen LogP contribution is -2.38. The van der Waals surface area contributed by atoms with E-state index in [9.17, 15) is 4.39 Å². The second-order valence-corrected chi connectivity index (χ2v) is 7.28. The van der Waals surface area contributed by atoms with E-state index in [1.807, 2.05) is 45.0 Å². The molecule has 2 N–H and O–H groups in total. The Hall–Kier alpha value is -2.63. The lowest BCUT2D eigenvalue weighted by atomic mass is 10.1. The number of ether oxygens (including phenoxy) is 1. The van der Waals surface area contributed by atoms with Crippen LogP contribution in [-0.2, 0) is 6.54 Å². The molecule has 1 aliphatic rings. The molecule has 0 amide bonds. The molecule has 6 heteroatoms. The summed E-state index contributed by atoms with van der Waals surface area (Å²) in [6.07, 6.45) is 2.37. The Labute approximate surface area is 166 Å². The number of nitrogens with one attached hydrogen (secondary N) is 2. The highest BCUT2D eigenvalue weighted by Crippen LogP contribution is 2.30. The Morgan fingerprint density at radius 3 is 2.82 bits per heavy atom. The van der Waals surface area contributed by atoms with Crippen molar-refractivity contribution < 1.29 is 9.13 Å². The number of aromatic nitrogens is 1. The van der Waals surface area contributed by atoms with Crippen molar-refractivity contribution in [2.45, 2.75) is 46.2 Å². The van der Waals surface area contributed by atoms with Crippen LogP contribution in [0.1, 0.15) is 49.7 Å². The van der Waals surface area contributed by atoms with Crippen molar-refractivity contribution in [1.82, 2.24) is 15.6 Å². The van der Waals surface area contributed by atoms with Crippen LogP contribution >= 0.6 is 0 Å². The van der Waals surface area contributed by atoms with Crippen LogP contribution in [0.15, 0.2) is 41.4 Å².